The second-order valence-electron chi connectivity index (χ2n) is 3.99. The van der Waals surface area contributed by atoms with Crippen LogP contribution in [-0.2, 0) is 6.54 Å². The molecule has 0 atom stereocenters. The van der Waals surface area contributed by atoms with E-state index < -0.39 is 0 Å². The van der Waals surface area contributed by atoms with Gasteiger partial charge in [-0.1, -0.05) is 12.1 Å². The van der Waals surface area contributed by atoms with Crippen molar-refractivity contribution in [2.45, 2.75) is 13.5 Å². The number of anilines is 1. The fourth-order valence-corrected chi connectivity index (χ4v) is 1.72. The van der Waals surface area contributed by atoms with E-state index in [1.165, 1.54) is 5.56 Å². The number of nitrogens with zero attached hydrogens (tertiary/aromatic N) is 1. The molecular formula is C15H18N2O2. The Balaban J connectivity index is 2.01. The molecule has 0 unspecified atom stereocenters. The molecule has 1 N–H and O–H groups in total. The van der Waals surface area contributed by atoms with Gasteiger partial charge in [-0.2, -0.15) is 0 Å². The van der Waals surface area contributed by atoms with Crippen molar-refractivity contribution in [2.75, 3.05) is 19.0 Å². The van der Waals surface area contributed by atoms with Gasteiger partial charge in [0.25, 0.3) is 0 Å². The molecule has 0 bridgehead atoms. The van der Waals surface area contributed by atoms with Gasteiger partial charge in [0.15, 0.2) is 0 Å². The first-order valence-corrected chi connectivity index (χ1v) is 6.28. The van der Waals surface area contributed by atoms with Gasteiger partial charge in [0.05, 0.1) is 19.4 Å². The van der Waals surface area contributed by atoms with Gasteiger partial charge in [-0.05, 0) is 36.8 Å². The molecule has 4 nitrogen and oxygen atoms in total. The van der Waals surface area contributed by atoms with Crippen molar-refractivity contribution in [3.8, 4) is 11.6 Å². The number of ether oxygens (including phenoxy) is 2. The normalized spacial score (nSPS) is 10.0. The SMILES string of the molecule is CCOc1ncccc1NCc1ccc(OC)cc1. The number of benzene rings is 1. The predicted octanol–water partition coefficient (Wildman–Crippen LogP) is 3.10. The monoisotopic (exact) mass is 258 g/mol. The lowest BCUT2D eigenvalue weighted by Crippen LogP contribution is -2.03. The van der Waals surface area contributed by atoms with Crippen molar-refractivity contribution in [1.82, 2.24) is 4.98 Å². The van der Waals surface area contributed by atoms with Crippen LogP contribution in [0.4, 0.5) is 5.69 Å². The number of hydrogen-bond donors (Lipinski definition) is 1. The van der Waals surface area contributed by atoms with Gasteiger partial charge in [-0.3, -0.25) is 0 Å². The topological polar surface area (TPSA) is 43.4 Å². The van der Waals surface area contributed by atoms with Crippen LogP contribution in [0.15, 0.2) is 42.6 Å². The van der Waals surface area contributed by atoms with Crippen LogP contribution in [0.25, 0.3) is 0 Å². The Labute approximate surface area is 113 Å². The van der Waals surface area contributed by atoms with Crippen molar-refractivity contribution in [1.29, 1.82) is 0 Å². The van der Waals surface area contributed by atoms with E-state index in [-0.39, 0.29) is 0 Å². The molecule has 4 heteroatoms. The second-order valence-corrected chi connectivity index (χ2v) is 3.99. The summed E-state index contributed by atoms with van der Waals surface area (Å²) in [5.74, 6) is 1.50. The maximum Gasteiger partial charge on any atom is 0.237 e. The van der Waals surface area contributed by atoms with Gasteiger partial charge < -0.3 is 14.8 Å². The van der Waals surface area contributed by atoms with Gasteiger partial charge in [-0.15, -0.1) is 0 Å². The van der Waals surface area contributed by atoms with Gasteiger partial charge in [-0.25, -0.2) is 4.98 Å². The summed E-state index contributed by atoms with van der Waals surface area (Å²) in [6, 6.07) is 11.8. The summed E-state index contributed by atoms with van der Waals surface area (Å²) in [4.78, 5) is 4.20. The third-order valence-corrected chi connectivity index (χ3v) is 2.69. The zero-order valence-corrected chi connectivity index (χ0v) is 11.2. The fraction of sp³-hybridized carbons (Fsp3) is 0.267. The van der Waals surface area contributed by atoms with Crippen molar-refractivity contribution < 1.29 is 9.47 Å². The first-order valence-electron chi connectivity index (χ1n) is 6.28. The molecule has 0 aliphatic carbocycles. The quantitative estimate of drug-likeness (QED) is 0.864. The molecule has 0 saturated carbocycles. The zero-order chi connectivity index (χ0) is 13.5. The van der Waals surface area contributed by atoms with Crippen molar-refractivity contribution in [3.63, 3.8) is 0 Å². The Morgan fingerprint density at radius 2 is 1.95 bits per heavy atom. The average Bonchev–Trinajstić information content (AvgIpc) is 2.47. The van der Waals surface area contributed by atoms with E-state index in [1.807, 2.05) is 43.3 Å². The molecule has 0 aliphatic heterocycles. The van der Waals surface area contributed by atoms with Crippen LogP contribution in [0, 0.1) is 0 Å². The predicted molar refractivity (Wildman–Crippen MR) is 75.7 cm³/mol. The molecule has 0 spiro atoms. The Hall–Kier alpha value is -2.23. The van der Waals surface area contributed by atoms with Crippen LogP contribution in [0.1, 0.15) is 12.5 Å². The summed E-state index contributed by atoms with van der Waals surface area (Å²) in [7, 11) is 1.66. The molecule has 0 fully saturated rings. The van der Waals surface area contributed by atoms with E-state index in [1.54, 1.807) is 13.3 Å². The molecule has 0 amide bonds. The van der Waals surface area contributed by atoms with Crippen LogP contribution in [0.5, 0.6) is 11.6 Å². The summed E-state index contributed by atoms with van der Waals surface area (Å²) in [6.07, 6.45) is 1.73. The van der Waals surface area contributed by atoms with Gasteiger partial charge >= 0.3 is 0 Å². The molecule has 0 saturated heterocycles. The molecule has 1 heterocycles. The third kappa shape index (κ3) is 3.61. The van der Waals surface area contributed by atoms with E-state index in [2.05, 4.69) is 10.3 Å². The Morgan fingerprint density at radius 3 is 2.63 bits per heavy atom. The molecule has 0 radical (unpaired) electrons. The first kappa shape index (κ1) is 13.2. The van der Waals surface area contributed by atoms with E-state index in [4.69, 9.17) is 9.47 Å². The number of aromatic nitrogens is 1. The highest BCUT2D eigenvalue weighted by atomic mass is 16.5. The zero-order valence-electron chi connectivity index (χ0n) is 11.2. The van der Waals surface area contributed by atoms with Crippen molar-refractivity contribution in [2.24, 2.45) is 0 Å². The fourth-order valence-electron chi connectivity index (χ4n) is 1.72. The molecular weight excluding hydrogens is 240 g/mol. The van der Waals surface area contributed by atoms with E-state index in [0.717, 1.165) is 18.0 Å². The molecule has 0 aliphatic rings. The molecule has 19 heavy (non-hydrogen) atoms. The Morgan fingerprint density at radius 1 is 1.16 bits per heavy atom. The summed E-state index contributed by atoms with van der Waals surface area (Å²) >= 11 is 0. The van der Waals surface area contributed by atoms with Crippen LogP contribution in [-0.4, -0.2) is 18.7 Å². The number of hydrogen-bond acceptors (Lipinski definition) is 4. The number of pyridine rings is 1. The summed E-state index contributed by atoms with van der Waals surface area (Å²) in [6.45, 7) is 3.27. The minimum absolute atomic E-state index is 0.605. The second kappa shape index (κ2) is 6.64. The van der Waals surface area contributed by atoms with Crippen LogP contribution in [0.3, 0.4) is 0 Å². The number of methoxy groups -OCH3 is 1. The third-order valence-electron chi connectivity index (χ3n) is 2.69. The van der Waals surface area contributed by atoms with Crippen LogP contribution in [0.2, 0.25) is 0 Å². The average molecular weight is 258 g/mol. The lowest BCUT2D eigenvalue weighted by atomic mass is 10.2. The molecule has 2 aromatic rings. The summed E-state index contributed by atoms with van der Waals surface area (Å²) < 4.78 is 10.6. The maximum atomic E-state index is 5.47. The van der Waals surface area contributed by atoms with Gasteiger partial charge in [0.2, 0.25) is 5.88 Å². The molecule has 1 aromatic heterocycles. The summed E-state index contributed by atoms with van der Waals surface area (Å²) in [5.41, 5.74) is 2.08. The Bertz CT molecular complexity index is 512. The van der Waals surface area contributed by atoms with E-state index in [0.29, 0.717) is 12.5 Å². The lowest BCUT2D eigenvalue weighted by Gasteiger charge is -2.11. The van der Waals surface area contributed by atoms with Crippen LogP contribution < -0.4 is 14.8 Å². The van der Waals surface area contributed by atoms with E-state index in [9.17, 15) is 0 Å². The molecule has 2 rings (SSSR count). The van der Waals surface area contributed by atoms with Crippen LogP contribution >= 0.6 is 0 Å². The highest BCUT2D eigenvalue weighted by Gasteiger charge is 2.03. The van der Waals surface area contributed by atoms with Gasteiger partial charge in [0, 0.05) is 12.7 Å². The van der Waals surface area contributed by atoms with E-state index >= 15 is 0 Å². The highest BCUT2D eigenvalue weighted by Crippen LogP contribution is 2.21. The highest BCUT2D eigenvalue weighted by molar-refractivity contribution is 5.52. The minimum atomic E-state index is 0.605. The smallest absolute Gasteiger partial charge is 0.237 e. The largest absolute Gasteiger partial charge is 0.497 e. The maximum absolute atomic E-state index is 5.47. The minimum Gasteiger partial charge on any atom is -0.497 e. The van der Waals surface area contributed by atoms with Gasteiger partial charge in [0.1, 0.15) is 5.75 Å². The lowest BCUT2D eigenvalue weighted by molar-refractivity contribution is 0.328. The number of rotatable bonds is 6. The standard InChI is InChI=1S/C15H18N2O2/c1-3-19-15-14(5-4-10-16-15)17-11-12-6-8-13(18-2)9-7-12/h4-10,17H,3,11H2,1-2H3. The summed E-state index contributed by atoms with van der Waals surface area (Å²) in [5, 5.41) is 3.32. The Kier molecular flexibility index (Phi) is 4.61. The van der Waals surface area contributed by atoms with Crippen molar-refractivity contribution >= 4 is 5.69 Å². The molecule has 100 valence electrons. The molecule has 1 aromatic carbocycles. The number of nitrogens with one attached hydrogen (secondary N) is 1. The first-order chi connectivity index (χ1) is 9.33. The van der Waals surface area contributed by atoms with Crippen molar-refractivity contribution in [3.05, 3.63) is 48.2 Å².